The first-order valence-corrected chi connectivity index (χ1v) is 10.1. The Balaban J connectivity index is 1.56. The molecule has 1 aliphatic rings. The Morgan fingerprint density at radius 3 is 2.75 bits per heavy atom. The van der Waals surface area contributed by atoms with Crippen molar-refractivity contribution in [3.05, 3.63) is 47.6 Å². The molecule has 1 fully saturated rings. The molecule has 0 saturated heterocycles. The number of rotatable bonds is 7. The molecule has 2 aromatic heterocycles. The van der Waals surface area contributed by atoms with Gasteiger partial charge in [-0.15, -0.1) is 0 Å². The zero-order valence-corrected chi connectivity index (χ0v) is 17.1. The van der Waals surface area contributed by atoms with E-state index in [0.717, 1.165) is 34.7 Å². The van der Waals surface area contributed by atoms with E-state index in [1.54, 1.807) is 4.90 Å². The van der Waals surface area contributed by atoms with Crippen molar-refractivity contribution < 1.29 is 9.32 Å². The number of para-hydroxylation sites is 2. The molecule has 1 amide bonds. The minimum absolute atomic E-state index is 0.0455. The Labute approximate surface area is 165 Å². The van der Waals surface area contributed by atoms with Gasteiger partial charge in [-0.1, -0.05) is 31.1 Å². The second-order valence-electron chi connectivity index (χ2n) is 8.35. The van der Waals surface area contributed by atoms with E-state index in [0.29, 0.717) is 18.4 Å². The van der Waals surface area contributed by atoms with E-state index < -0.39 is 0 Å². The van der Waals surface area contributed by atoms with Crippen molar-refractivity contribution in [2.24, 2.45) is 5.92 Å². The highest BCUT2D eigenvalue weighted by Gasteiger charge is 2.29. The summed E-state index contributed by atoms with van der Waals surface area (Å²) in [4.78, 5) is 19.7. The third kappa shape index (κ3) is 3.68. The Bertz CT molecular complexity index is 984. The summed E-state index contributed by atoms with van der Waals surface area (Å²) in [6.07, 6.45) is 3.18. The first-order valence-electron chi connectivity index (χ1n) is 10.1. The molecule has 1 saturated carbocycles. The number of amides is 1. The number of hydrogen-bond donors (Lipinski definition) is 0. The number of carbonyl (C=O) groups excluding carboxylic acids is 1. The van der Waals surface area contributed by atoms with Crippen LogP contribution >= 0.6 is 0 Å². The molecule has 4 rings (SSSR count). The summed E-state index contributed by atoms with van der Waals surface area (Å²) in [5.74, 6) is 2.94. The molecule has 6 nitrogen and oxygen atoms in total. The van der Waals surface area contributed by atoms with E-state index >= 15 is 0 Å². The molecular weight excluding hydrogens is 352 g/mol. The minimum atomic E-state index is -0.332. The summed E-state index contributed by atoms with van der Waals surface area (Å²) < 4.78 is 7.51. The quantitative estimate of drug-likeness (QED) is 0.612. The average molecular weight is 380 g/mol. The molecule has 148 valence electrons. The second-order valence-corrected chi connectivity index (χ2v) is 8.35. The van der Waals surface area contributed by atoms with Gasteiger partial charge in [-0.3, -0.25) is 4.79 Å². The molecule has 1 atom stereocenters. The normalized spacial score (nSPS) is 15.3. The number of fused-ring (bicyclic) bond motifs is 1. The molecule has 0 radical (unpaired) electrons. The van der Waals surface area contributed by atoms with E-state index in [2.05, 4.69) is 23.6 Å². The van der Waals surface area contributed by atoms with Crippen LogP contribution in [0.2, 0.25) is 0 Å². The number of nitrogens with zero attached hydrogens (tertiary/aromatic N) is 4. The highest BCUT2D eigenvalue weighted by molar-refractivity contribution is 5.84. The largest absolute Gasteiger partial charge is 0.361 e. The summed E-state index contributed by atoms with van der Waals surface area (Å²) in [5.41, 5.74) is 2.75. The summed E-state index contributed by atoms with van der Waals surface area (Å²) in [6, 6.07) is 9.68. The van der Waals surface area contributed by atoms with Gasteiger partial charge in [-0.2, -0.15) is 0 Å². The van der Waals surface area contributed by atoms with Crippen LogP contribution in [0.25, 0.3) is 11.0 Å². The van der Waals surface area contributed by atoms with Crippen molar-refractivity contribution in [2.75, 3.05) is 7.05 Å². The fourth-order valence-electron chi connectivity index (χ4n) is 3.75. The van der Waals surface area contributed by atoms with Crippen molar-refractivity contribution >= 4 is 16.9 Å². The second kappa shape index (κ2) is 7.41. The van der Waals surface area contributed by atoms with Gasteiger partial charge >= 0.3 is 0 Å². The number of hydrogen-bond acceptors (Lipinski definition) is 4. The van der Waals surface area contributed by atoms with Gasteiger partial charge in [0.15, 0.2) is 0 Å². The smallest absolute Gasteiger partial charge is 0.245 e. The first-order chi connectivity index (χ1) is 13.4. The van der Waals surface area contributed by atoms with E-state index in [-0.39, 0.29) is 11.9 Å². The minimum Gasteiger partial charge on any atom is -0.361 e. The molecule has 0 bridgehead atoms. The maximum atomic E-state index is 13.2. The number of aromatic nitrogens is 3. The molecule has 2 heterocycles. The van der Waals surface area contributed by atoms with Gasteiger partial charge < -0.3 is 14.0 Å². The Hall–Kier alpha value is -2.63. The number of carbonyl (C=O) groups is 1. The van der Waals surface area contributed by atoms with Crippen LogP contribution in [0.3, 0.4) is 0 Å². The molecule has 0 spiro atoms. The third-order valence-electron chi connectivity index (χ3n) is 5.34. The van der Waals surface area contributed by atoms with Gasteiger partial charge in [0, 0.05) is 25.5 Å². The lowest BCUT2D eigenvalue weighted by Crippen LogP contribution is -2.33. The van der Waals surface area contributed by atoms with Crippen LogP contribution in [-0.4, -0.2) is 32.6 Å². The predicted molar refractivity (Wildman–Crippen MR) is 108 cm³/mol. The fraction of sp³-hybridized carbons (Fsp3) is 0.500. The van der Waals surface area contributed by atoms with Gasteiger partial charge in [-0.25, -0.2) is 4.98 Å². The number of imidazole rings is 1. The molecule has 1 aliphatic carbocycles. The fourth-order valence-corrected chi connectivity index (χ4v) is 3.75. The maximum Gasteiger partial charge on any atom is 0.245 e. The predicted octanol–water partition coefficient (Wildman–Crippen LogP) is 4.32. The van der Waals surface area contributed by atoms with E-state index in [4.69, 9.17) is 9.51 Å². The lowest BCUT2D eigenvalue weighted by molar-refractivity contribution is -0.133. The van der Waals surface area contributed by atoms with Gasteiger partial charge in [0.2, 0.25) is 5.91 Å². The molecule has 28 heavy (non-hydrogen) atoms. The Kier molecular flexibility index (Phi) is 4.96. The van der Waals surface area contributed by atoms with Crippen LogP contribution in [-0.2, 0) is 17.8 Å². The molecule has 0 N–H and O–H groups in total. The average Bonchev–Trinajstić information content (AvgIpc) is 3.30. The molecular formula is C22H28N4O2. The van der Waals surface area contributed by atoms with Gasteiger partial charge in [0.1, 0.15) is 23.3 Å². The molecule has 0 unspecified atom stereocenters. The van der Waals surface area contributed by atoms with E-state index in [1.165, 1.54) is 12.8 Å². The molecule has 1 aromatic carbocycles. The zero-order valence-electron chi connectivity index (χ0n) is 17.1. The summed E-state index contributed by atoms with van der Waals surface area (Å²) in [7, 11) is 1.82. The van der Waals surface area contributed by atoms with Crippen molar-refractivity contribution in [1.29, 1.82) is 0 Å². The summed E-state index contributed by atoms with van der Waals surface area (Å²) >= 11 is 0. The Morgan fingerprint density at radius 2 is 2.04 bits per heavy atom. The lowest BCUT2D eigenvalue weighted by atomic mass is 10.1. The van der Waals surface area contributed by atoms with Gasteiger partial charge in [-0.05, 0) is 37.8 Å². The van der Waals surface area contributed by atoms with Crippen LogP contribution in [0.1, 0.15) is 62.9 Å². The Morgan fingerprint density at radius 1 is 1.29 bits per heavy atom. The lowest BCUT2D eigenvalue weighted by Gasteiger charge is -2.23. The standard InChI is InChI=1S/C22H28N4O2/c1-14(2)11-21-23-18-7-5-6-8-19(18)26(21)15(3)22(27)25(4)13-17-12-20(28-24-17)16-9-10-16/h5-8,12,14-16H,9-11,13H2,1-4H3/t15-/m0/s1. The van der Waals surface area contributed by atoms with Crippen molar-refractivity contribution in [3.63, 3.8) is 0 Å². The van der Waals surface area contributed by atoms with Crippen LogP contribution in [0.4, 0.5) is 0 Å². The van der Waals surface area contributed by atoms with E-state index in [9.17, 15) is 4.79 Å². The zero-order chi connectivity index (χ0) is 19.8. The molecule has 3 aromatic rings. The third-order valence-corrected chi connectivity index (χ3v) is 5.34. The summed E-state index contributed by atoms with van der Waals surface area (Å²) in [5, 5.41) is 4.14. The van der Waals surface area contributed by atoms with Crippen LogP contribution in [0.5, 0.6) is 0 Å². The summed E-state index contributed by atoms with van der Waals surface area (Å²) in [6.45, 7) is 6.75. The molecule has 0 aliphatic heterocycles. The molecule has 6 heteroatoms. The highest BCUT2D eigenvalue weighted by atomic mass is 16.5. The van der Waals surface area contributed by atoms with Crippen molar-refractivity contribution in [1.82, 2.24) is 19.6 Å². The van der Waals surface area contributed by atoms with Crippen LogP contribution in [0, 0.1) is 5.92 Å². The number of likely N-dealkylation sites (N-methyl/N-ethyl adjacent to an activating group) is 1. The highest BCUT2D eigenvalue weighted by Crippen LogP contribution is 2.40. The number of benzene rings is 1. The maximum absolute atomic E-state index is 13.2. The first kappa shape index (κ1) is 18.7. The van der Waals surface area contributed by atoms with Crippen LogP contribution in [0.15, 0.2) is 34.9 Å². The van der Waals surface area contributed by atoms with Gasteiger partial charge in [0.05, 0.1) is 17.6 Å². The van der Waals surface area contributed by atoms with E-state index in [1.807, 2.05) is 44.3 Å². The SMILES string of the molecule is CC(C)Cc1nc2ccccc2n1[C@@H](C)C(=O)N(C)Cc1cc(C2CC2)on1. The monoisotopic (exact) mass is 380 g/mol. The van der Waals surface area contributed by atoms with Crippen molar-refractivity contribution in [2.45, 2.75) is 58.5 Å². The van der Waals surface area contributed by atoms with Crippen LogP contribution < -0.4 is 0 Å². The van der Waals surface area contributed by atoms with Crippen molar-refractivity contribution in [3.8, 4) is 0 Å². The topological polar surface area (TPSA) is 64.2 Å². The van der Waals surface area contributed by atoms with Gasteiger partial charge in [0.25, 0.3) is 0 Å².